The van der Waals surface area contributed by atoms with E-state index < -0.39 is 11.5 Å². The molecule has 0 saturated carbocycles. The van der Waals surface area contributed by atoms with Crippen LogP contribution in [0.25, 0.3) is 0 Å². The second-order valence-corrected chi connectivity index (χ2v) is 8.13. The van der Waals surface area contributed by atoms with Gasteiger partial charge in [-0.25, -0.2) is 4.98 Å². The van der Waals surface area contributed by atoms with Crippen molar-refractivity contribution in [2.75, 3.05) is 11.9 Å². The molecular weight excluding hydrogens is 380 g/mol. The minimum atomic E-state index is -0.864. The van der Waals surface area contributed by atoms with Gasteiger partial charge in [0.15, 0.2) is 12.1 Å². The molecule has 1 aromatic carbocycles. The lowest BCUT2D eigenvalue weighted by molar-refractivity contribution is -0.121. The molecular formula is C23H22N4O3. The van der Waals surface area contributed by atoms with Crippen LogP contribution in [-0.2, 0) is 10.2 Å². The smallest absolute Gasteiger partial charge is 0.276 e. The van der Waals surface area contributed by atoms with Crippen molar-refractivity contribution in [3.8, 4) is 0 Å². The predicted molar refractivity (Wildman–Crippen MR) is 110 cm³/mol. The van der Waals surface area contributed by atoms with E-state index in [4.69, 9.17) is 4.42 Å². The van der Waals surface area contributed by atoms with Crippen LogP contribution in [0.5, 0.6) is 0 Å². The SMILES string of the molecule is CC(C)c1ocnc1C(=O)N1CCC2(C(=O)Nc3ccccc32)C1c1cccnc1. The molecule has 4 heterocycles. The van der Waals surface area contributed by atoms with E-state index in [0.717, 1.165) is 16.8 Å². The van der Waals surface area contributed by atoms with E-state index in [9.17, 15) is 9.59 Å². The van der Waals surface area contributed by atoms with Crippen LogP contribution in [0.2, 0.25) is 0 Å². The lowest BCUT2D eigenvalue weighted by Gasteiger charge is -2.34. The molecule has 0 radical (unpaired) electrons. The molecule has 2 aliphatic rings. The number of benzene rings is 1. The van der Waals surface area contributed by atoms with E-state index in [1.54, 1.807) is 17.3 Å². The van der Waals surface area contributed by atoms with Gasteiger partial charge >= 0.3 is 0 Å². The van der Waals surface area contributed by atoms with Gasteiger partial charge in [0.25, 0.3) is 5.91 Å². The number of amides is 2. The van der Waals surface area contributed by atoms with Crippen LogP contribution < -0.4 is 5.32 Å². The molecule has 1 N–H and O–H groups in total. The third-order valence-corrected chi connectivity index (χ3v) is 6.17. The van der Waals surface area contributed by atoms with Crippen LogP contribution in [0.4, 0.5) is 5.69 Å². The maximum Gasteiger partial charge on any atom is 0.276 e. The lowest BCUT2D eigenvalue weighted by atomic mass is 9.73. The molecule has 2 aromatic heterocycles. The number of likely N-dealkylation sites (tertiary alicyclic amines) is 1. The summed E-state index contributed by atoms with van der Waals surface area (Å²) in [6.45, 7) is 4.36. The summed E-state index contributed by atoms with van der Waals surface area (Å²) in [6, 6.07) is 11.0. The Bertz CT molecular complexity index is 1120. The molecule has 30 heavy (non-hydrogen) atoms. The fourth-order valence-corrected chi connectivity index (χ4v) is 4.87. The molecule has 2 atom stereocenters. The Morgan fingerprint density at radius 3 is 2.87 bits per heavy atom. The summed E-state index contributed by atoms with van der Waals surface area (Å²) < 4.78 is 5.49. The molecule has 1 fully saturated rings. The molecule has 0 bridgehead atoms. The number of anilines is 1. The molecule has 1 saturated heterocycles. The summed E-state index contributed by atoms with van der Waals surface area (Å²) in [5.74, 6) is 0.268. The van der Waals surface area contributed by atoms with Gasteiger partial charge < -0.3 is 14.6 Å². The normalized spacial score (nSPS) is 22.6. The van der Waals surface area contributed by atoms with Crippen LogP contribution in [-0.4, -0.2) is 33.2 Å². The van der Waals surface area contributed by atoms with Crippen molar-refractivity contribution >= 4 is 17.5 Å². The van der Waals surface area contributed by atoms with Crippen molar-refractivity contribution in [3.63, 3.8) is 0 Å². The average Bonchev–Trinajstić information content (AvgIpc) is 3.46. The molecule has 3 aromatic rings. The third-order valence-electron chi connectivity index (χ3n) is 6.17. The van der Waals surface area contributed by atoms with Crippen molar-refractivity contribution in [2.45, 2.75) is 37.6 Å². The van der Waals surface area contributed by atoms with E-state index in [2.05, 4.69) is 15.3 Å². The summed E-state index contributed by atoms with van der Waals surface area (Å²) in [6.07, 6.45) is 5.26. The number of oxazole rings is 1. The number of carbonyl (C=O) groups is 2. The highest BCUT2D eigenvalue weighted by molar-refractivity contribution is 6.08. The number of nitrogens with one attached hydrogen (secondary N) is 1. The van der Waals surface area contributed by atoms with Gasteiger partial charge in [-0.15, -0.1) is 0 Å². The number of rotatable bonds is 3. The maximum atomic E-state index is 13.6. The first-order valence-corrected chi connectivity index (χ1v) is 10.1. The standard InChI is InChI=1S/C23H22N4O3/c1-14(2)19-18(25-13-30-19)21(28)27-11-9-23(20(27)15-6-5-10-24-12-15)16-7-3-4-8-17(16)26-22(23)29/h3-8,10,12-14,20H,9,11H2,1-2H3,(H,26,29). The number of aromatic nitrogens is 2. The molecule has 7 nitrogen and oxygen atoms in total. The van der Waals surface area contributed by atoms with Gasteiger partial charge in [-0.2, -0.15) is 0 Å². The number of pyridine rings is 1. The van der Waals surface area contributed by atoms with Crippen molar-refractivity contribution in [3.05, 3.63) is 77.8 Å². The Morgan fingerprint density at radius 1 is 1.27 bits per heavy atom. The number of hydrogen-bond donors (Lipinski definition) is 1. The first-order valence-electron chi connectivity index (χ1n) is 10.1. The number of carbonyl (C=O) groups excluding carboxylic acids is 2. The monoisotopic (exact) mass is 402 g/mol. The van der Waals surface area contributed by atoms with Crippen LogP contribution in [0.3, 0.4) is 0 Å². The van der Waals surface area contributed by atoms with E-state index in [0.29, 0.717) is 24.4 Å². The highest BCUT2D eigenvalue weighted by Crippen LogP contribution is 2.54. The molecule has 2 amide bonds. The van der Waals surface area contributed by atoms with Gasteiger partial charge in [0, 0.05) is 30.5 Å². The molecule has 152 valence electrons. The summed E-state index contributed by atoms with van der Waals surface area (Å²) >= 11 is 0. The van der Waals surface area contributed by atoms with Crippen molar-refractivity contribution in [1.29, 1.82) is 0 Å². The fraction of sp³-hybridized carbons (Fsp3) is 0.304. The number of para-hydroxylation sites is 1. The van der Waals surface area contributed by atoms with Gasteiger partial charge in [0.05, 0.1) is 6.04 Å². The van der Waals surface area contributed by atoms with Crippen LogP contribution in [0.15, 0.2) is 59.6 Å². The summed E-state index contributed by atoms with van der Waals surface area (Å²) in [5.41, 5.74) is 1.99. The Labute approximate surface area is 174 Å². The van der Waals surface area contributed by atoms with Crippen LogP contribution >= 0.6 is 0 Å². The molecule has 0 aliphatic carbocycles. The number of fused-ring (bicyclic) bond motifs is 2. The zero-order valence-electron chi connectivity index (χ0n) is 16.8. The van der Waals surface area contributed by atoms with Crippen molar-refractivity contribution < 1.29 is 14.0 Å². The minimum Gasteiger partial charge on any atom is -0.447 e. The zero-order valence-corrected chi connectivity index (χ0v) is 16.8. The third kappa shape index (κ3) is 2.51. The predicted octanol–water partition coefficient (Wildman–Crippen LogP) is 3.67. The minimum absolute atomic E-state index is 0.0235. The Morgan fingerprint density at radius 2 is 2.10 bits per heavy atom. The van der Waals surface area contributed by atoms with E-state index in [-0.39, 0.29) is 17.7 Å². The molecule has 2 aliphatic heterocycles. The largest absolute Gasteiger partial charge is 0.447 e. The summed E-state index contributed by atoms with van der Waals surface area (Å²) in [4.78, 5) is 37.2. The quantitative estimate of drug-likeness (QED) is 0.722. The van der Waals surface area contributed by atoms with Gasteiger partial charge in [-0.05, 0) is 29.7 Å². The zero-order chi connectivity index (χ0) is 20.9. The van der Waals surface area contributed by atoms with Gasteiger partial charge in [-0.1, -0.05) is 38.1 Å². The Balaban J connectivity index is 1.66. The first-order chi connectivity index (χ1) is 14.5. The average molecular weight is 402 g/mol. The van der Waals surface area contributed by atoms with Crippen LogP contribution in [0, 0.1) is 0 Å². The van der Waals surface area contributed by atoms with Crippen molar-refractivity contribution in [2.24, 2.45) is 0 Å². The van der Waals surface area contributed by atoms with Crippen LogP contribution in [0.1, 0.15) is 59.6 Å². The number of nitrogens with zero attached hydrogens (tertiary/aromatic N) is 3. The summed E-state index contributed by atoms with van der Waals surface area (Å²) in [5, 5.41) is 3.02. The highest BCUT2D eigenvalue weighted by Gasteiger charge is 2.59. The fourth-order valence-electron chi connectivity index (χ4n) is 4.87. The second-order valence-electron chi connectivity index (χ2n) is 8.13. The maximum absolute atomic E-state index is 13.6. The second kappa shape index (κ2) is 6.79. The van der Waals surface area contributed by atoms with Gasteiger partial charge in [0.2, 0.25) is 5.91 Å². The molecule has 5 rings (SSSR count). The van der Waals surface area contributed by atoms with E-state index >= 15 is 0 Å². The lowest BCUT2D eigenvalue weighted by Crippen LogP contribution is -2.43. The van der Waals surface area contributed by atoms with Crippen molar-refractivity contribution in [1.82, 2.24) is 14.9 Å². The van der Waals surface area contributed by atoms with E-state index in [1.165, 1.54) is 6.39 Å². The Hall–Kier alpha value is -3.48. The molecule has 2 unspecified atom stereocenters. The summed E-state index contributed by atoms with van der Waals surface area (Å²) in [7, 11) is 0. The first kappa shape index (κ1) is 18.5. The van der Waals surface area contributed by atoms with E-state index in [1.807, 2.05) is 50.2 Å². The van der Waals surface area contributed by atoms with Gasteiger partial charge in [0.1, 0.15) is 11.2 Å². The highest BCUT2D eigenvalue weighted by atomic mass is 16.3. The molecule has 1 spiro atoms. The Kier molecular flexibility index (Phi) is 4.20. The molecule has 7 heteroatoms. The number of hydrogen-bond acceptors (Lipinski definition) is 5. The topological polar surface area (TPSA) is 88.3 Å². The van der Waals surface area contributed by atoms with Gasteiger partial charge in [-0.3, -0.25) is 14.6 Å².